The summed E-state index contributed by atoms with van der Waals surface area (Å²) < 4.78 is 1.32. The summed E-state index contributed by atoms with van der Waals surface area (Å²) in [6, 6.07) is 8.30. The van der Waals surface area contributed by atoms with Gasteiger partial charge >= 0.3 is 0 Å². The Balaban J connectivity index is 2.33. The van der Waals surface area contributed by atoms with E-state index in [9.17, 15) is 5.21 Å². The van der Waals surface area contributed by atoms with Crippen LogP contribution in [0.3, 0.4) is 0 Å². The van der Waals surface area contributed by atoms with Gasteiger partial charge in [-0.2, -0.15) is 0 Å². The Labute approximate surface area is 95.1 Å². The molecule has 0 bridgehead atoms. The molecule has 0 saturated carbocycles. The van der Waals surface area contributed by atoms with Gasteiger partial charge in [0.1, 0.15) is 0 Å². The van der Waals surface area contributed by atoms with Crippen LogP contribution in [0.2, 0.25) is 0 Å². The van der Waals surface area contributed by atoms with Gasteiger partial charge < -0.3 is 0 Å². The summed E-state index contributed by atoms with van der Waals surface area (Å²) in [5, 5.41) is 12.4. The maximum Gasteiger partial charge on any atom is 0.237 e. The minimum absolute atomic E-state index is 0.721. The molecule has 1 heterocycles. The van der Waals surface area contributed by atoms with Crippen LogP contribution in [0.4, 0.5) is 0 Å². The third kappa shape index (κ3) is 1.37. The van der Waals surface area contributed by atoms with Crippen LogP contribution in [-0.2, 0) is 12.8 Å². The molecule has 0 aliphatic heterocycles. The monoisotopic (exact) mass is 214 g/mol. The van der Waals surface area contributed by atoms with E-state index in [2.05, 4.69) is 25.1 Å². The zero-order chi connectivity index (χ0) is 11.1. The molecule has 0 spiro atoms. The van der Waals surface area contributed by atoms with Crippen molar-refractivity contribution >= 4 is 10.8 Å². The second kappa shape index (κ2) is 3.48. The molecule has 1 aliphatic carbocycles. The molecule has 16 heavy (non-hydrogen) atoms. The van der Waals surface area contributed by atoms with Crippen LogP contribution in [0.25, 0.3) is 10.8 Å². The van der Waals surface area contributed by atoms with E-state index in [1.165, 1.54) is 22.1 Å². The predicted octanol–water partition coefficient (Wildman–Crippen LogP) is 2.49. The van der Waals surface area contributed by atoms with Crippen LogP contribution in [0.1, 0.15) is 24.6 Å². The van der Waals surface area contributed by atoms with Gasteiger partial charge in [0.2, 0.25) is 11.9 Å². The van der Waals surface area contributed by atoms with Gasteiger partial charge in [0.05, 0.1) is 5.39 Å². The highest BCUT2D eigenvalue weighted by Crippen LogP contribution is 2.28. The van der Waals surface area contributed by atoms with E-state index in [4.69, 9.17) is 0 Å². The first kappa shape index (κ1) is 9.64. The standard InChI is InChI=1S/C14H16NO/c1-10-6-7-14-13(8-10)12-5-3-2-4-11(12)9-15(14)16/h2-5,9-10,16H,6-8H2,1H3/q+1. The number of aromatic nitrogens is 1. The maximum atomic E-state index is 9.96. The van der Waals surface area contributed by atoms with Crippen molar-refractivity contribution in [1.29, 1.82) is 0 Å². The average molecular weight is 214 g/mol. The van der Waals surface area contributed by atoms with Crippen molar-refractivity contribution in [3.63, 3.8) is 0 Å². The molecule has 3 rings (SSSR count). The molecule has 1 aromatic heterocycles. The summed E-state index contributed by atoms with van der Waals surface area (Å²) in [5.74, 6) is 0.721. The largest absolute Gasteiger partial charge is 0.285 e. The highest BCUT2D eigenvalue weighted by atomic mass is 16.5. The topological polar surface area (TPSA) is 24.1 Å². The Morgan fingerprint density at radius 1 is 1.31 bits per heavy atom. The fraction of sp³-hybridized carbons (Fsp3) is 0.357. The van der Waals surface area contributed by atoms with Gasteiger partial charge in [-0.25, -0.2) is 0 Å². The summed E-state index contributed by atoms with van der Waals surface area (Å²) in [4.78, 5) is 0. The lowest BCUT2D eigenvalue weighted by Crippen LogP contribution is -2.38. The second-order valence-electron chi connectivity index (χ2n) is 4.83. The molecule has 2 heteroatoms. The third-order valence-electron chi connectivity index (χ3n) is 3.60. The minimum Gasteiger partial charge on any atom is -0.285 e. The van der Waals surface area contributed by atoms with Gasteiger partial charge in [-0.1, -0.05) is 25.1 Å². The molecule has 0 amide bonds. The van der Waals surface area contributed by atoms with Crippen molar-refractivity contribution in [3.8, 4) is 0 Å². The van der Waals surface area contributed by atoms with E-state index in [-0.39, 0.29) is 0 Å². The Morgan fingerprint density at radius 3 is 3.00 bits per heavy atom. The number of rotatable bonds is 0. The summed E-state index contributed by atoms with van der Waals surface area (Å²) in [7, 11) is 0. The fourth-order valence-corrected chi connectivity index (χ4v) is 2.71. The Morgan fingerprint density at radius 2 is 2.12 bits per heavy atom. The van der Waals surface area contributed by atoms with Gasteiger partial charge in [0.15, 0.2) is 0 Å². The quantitative estimate of drug-likeness (QED) is 0.528. The van der Waals surface area contributed by atoms with Gasteiger partial charge in [0, 0.05) is 16.7 Å². The Kier molecular flexibility index (Phi) is 2.10. The summed E-state index contributed by atoms with van der Waals surface area (Å²) in [5.41, 5.74) is 2.43. The number of pyridine rings is 1. The van der Waals surface area contributed by atoms with E-state index in [1.54, 1.807) is 0 Å². The zero-order valence-electron chi connectivity index (χ0n) is 9.48. The van der Waals surface area contributed by atoms with E-state index in [1.807, 2.05) is 12.3 Å². The number of hydrogen-bond acceptors (Lipinski definition) is 1. The lowest BCUT2D eigenvalue weighted by Gasteiger charge is -2.18. The van der Waals surface area contributed by atoms with Crippen molar-refractivity contribution in [2.45, 2.75) is 26.2 Å². The molecular weight excluding hydrogens is 198 g/mol. The van der Waals surface area contributed by atoms with Crippen molar-refractivity contribution < 1.29 is 9.94 Å². The van der Waals surface area contributed by atoms with Crippen molar-refractivity contribution in [2.24, 2.45) is 5.92 Å². The first-order chi connectivity index (χ1) is 7.75. The van der Waals surface area contributed by atoms with Gasteiger partial charge in [0.25, 0.3) is 0 Å². The lowest BCUT2D eigenvalue weighted by molar-refractivity contribution is -0.909. The molecule has 2 aromatic rings. The predicted molar refractivity (Wildman–Crippen MR) is 62.5 cm³/mol. The third-order valence-corrected chi connectivity index (χ3v) is 3.60. The van der Waals surface area contributed by atoms with Crippen LogP contribution in [0.15, 0.2) is 30.5 Å². The number of hydrogen-bond donors (Lipinski definition) is 1. The average Bonchev–Trinajstić information content (AvgIpc) is 2.29. The molecule has 1 unspecified atom stereocenters. The minimum atomic E-state index is 0.721. The van der Waals surface area contributed by atoms with Gasteiger partial charge in [-0.15, -0.1) is 0 Å². The van der Waals surface area contributed by atoms with Crippen molar-refractivity contribution in [1.82, 2.24) is 0 Å². The van der Waals surface area contributed by atoms with E-state index in [0.717, 1.165) is 29.8 Å². The van der Waals surface area contributed by atoms with Gasteiger partial charge in [-0.05, 0) is 30.2 Å². The molecule has 0 saturated heterocycles. The molecule has 82 valence electrons. The van der Waals surface area contributed by atoms with Crippen molar-refractivity contribution in [3.05, 3.63) is 41.7 Å². The Hall–Kier alpha value is -1.57. The molecule has 1 aliphatic rings. The highest BCUT2D eigenvalue weighted by Gasteiger charge is 2.26. The fourth-order valence-electron chi connectivity index (χ4n) is 2.71. The SMILES string of the molecule is CC1CCc2c(c3ccccc3c[n+]2O)C1. The van der Waals surface area contributed by atoms with Gasteiger partial charge in [-0.3, -0.25) is 5.21 Å². The summed E-state index contributed by atoms with van der Waals surface area (Å²) in [6.07, 6.45) is 5.06. The summed E-state index contributed by atoms with van der Waals surface area (Å²) in [6.45, 7) is 2.28. The van der Waals surface area contributed by atoms with Crippen LogP contribution >= 0.6 is 0 Å². The first-order valence-electron chi connectivity index (χ1n) is 5.90. The molecular formula is C14H16NO+. The molecule has 1 atom stereocenters. The maximum absolute atomic E-state index is 9.96. The van der Waals surface area contributed by atoms with Crippen LogP contribution < -0.4 is 4.73 Å². The first-order valence-corrected chi connectivity index (χ1v) is 5.90. The zero-order valence-corrected chi connectivity index (χ0v) is 9.48. The molecule has 2 nitrogen and oxygen atoms in total. The highest BCUT2D eigenvalue weighted by molar-refractivity contribution is 5.84. The van der Waals surface area contributed by atoms with Crippen LogP contribution in [-0.4, -0.2) is 5.21 Å². The normalized spacial score (nSPS) is 19.7. The van der Waals surface area contributed by atoms with E-state index >= 15 is 0 Å². The van der Waals surface area contributed by atoms with Crippen LogP contribution in [0.5, 0.6) is 0 Å². The van der Waals surface area contributed by atoms with E-state index in [0.29, 0.717) is 0 Å². The van der Waals surface area contributed by atoms with E-state index < -0.39 is 0 Å². The molecule has 0 radical (unpaired) electrons. The Bertz CT molecular complexity index is 548. The second-order valence-corrected chi connectivity index (χ2v) is 4.83. The number of fused-ring (bicyclic) bond motifs is 3. The number of nitrogens with zero attached hydrogens (tertiary/aromatic N) is 1. The molecule has 1 aromatic carbocycles. The van der Waals surface area contributed by atoms with Crippen LogP contribution in [0, 0.1) is 5.92 Å². The van der Waals surface area contributed by atoms with Crippen molar-refractivity contribution in [2.75, 3.05) is 0 Å². The molecule has 0 fully saturated rings. The lowest BCUT2D eigenvalue weighted by atomic mass is 9.85. The molecule has 1 N–H and O–H groups in total. The summed E-state index contributed by atoms with van der Waals surface area (Å²) >= 11 is 0. The smallest absolute Gasteiger partial charge is 0.237 e. The number of benzene rings is 1.